The molecule has 4 nitrogen and oxygen atoms in total. The molecule has 4 heteroatoms. The molecule has 5 aliphatic rings. The van der Waals surface area contributed by atoms with Gasteiger partial charge in [-0.1, -0.05) is 6.07 Å². The van der Waals surface area contributed by atoms with Crippen molar-refractivity contribution in [2.45, 2.75) is 57.1 Å². The van der Waals surface area contributed by atoms with Crippen LogP contribution in [-0.2, 0) is 4.74 Å². The Morgan fingerprint density at radius 1 is 1.15 bits per heavy atom. The third kappa shape index (κ3) is 3.37. The predicted molar refractivity (Wildman–Crippen MR) is 104 cm³/mol. The summed E-state index contributed by atoms with van der Waals surface area (Å²) in [6.07, 6.45) is 9.15. The Hall–Kier alpha value is -1.55. The Morgan fingerprint density at radius 2 is 1.89 bits per heavy atom. The maximum absolute atomic E-state index is 13.2. The quantitative estimate of drug-likeness (QED) is 0.783. The van der Waals surface area contributed by atoms with E-state index in [1.54, 1.807) is 0 Å². The van der Waals surface area contributed by atoms with E-state index in [2.05, 4.69) is 4.90 Å². The monoisotopic (exact) mass is 369 g/mol. The van der Waals surface area contributed by atoms with Gasteiger partial charge in [-0.05, 0) is 86.8 Å². The normalized spacial score (nSPS) is 36.8. The molecule has 0 N–H and O–H groups in total. The van der Waals surface area contributed by atoms with Crippen molar-refractivity contribution in [1.29, 1.82) is 0 Å². The van der Waals surface area contributed by atoms with Gasteiger partial charge < -0.3 is 14.4 Å². The van der Waals surface area contributed by atoms with Crippen LogP contribution in [0.2, 0.25) is 0 Å². The van der Waals surface area contributed by atoms with Gasteiger partial charge in [0.25, 0.3) is 5.91 Å². The van der Waals surface area contributed by atoms with Crippen LogP contribution in [0.15, 0.2) is 24.3 Å². The summed E-state index contributed by atoms with van der Waals surface area (Å²) in [6, 6.07) is 8.14. The van der Waals surface area contributed by atoms with E-state index in [1.807, 2.05) is 31.3 Å². The van der Waals surface area contributed by atoms with Crippen molar-refractivity contribution >= 4 is 5.91 Å². The highest BCUT2D eigenvalue weighted by atomic mass is 16.5. The molecule has 146 valence electrons. The SMILES string of the molecule is CN(C(=O)c1cccc(OCC2CCCO2)c1)C1C2CC3CC(C2)CC1C3. The number of nitrogens with zero attached hydrogens (tertiary/aromatic N) is 1. The van der Waals surface area contributed by atoms with Crippen molar-refractivity contribution in [2.24, 2.45) is 23.7 Å². The topological polar surface area (TPSA) is 38.8 Å². The summed E-state index contributed by atoms with van der Waals surface area (Å²) in [5, 5.41) is 0. The summed E-state index contributed by atoms with van der Waals surface area (Å²) in [5.41, 5.74) is 0.746. The van der Waals surface area contributed by atoms with Crippen molar-refractivity contribution < 1.29 is 14.3 Å². The lowest BCUT2D eigenvalue weighted by molar-refractivity contribution is -0.0491. The number of hydrogen-bond acceptors (Lipinski definition) is 3. The highest BCUT2D eigenvalue weighted by molar-refractivity contribution is 5.94. The van der Waals surface area contributed by atoms with Crippen LogP contribution in [0, 0.1) is 23.7 Å². The van der Waals surface area contributed by atoms with Gasteiger partial charge in [0.15, 0.2) is 0 Å². The zero-order valence-corrected chi connectivity index (χ0v) is 16.3. The van der Waals surface area contributed by atoms with E-state index in [-0.39, 0.29) is 12.0 Å². The minimum absolute atomic E-state index is 0.148. The van der Waals surface area contributed by atoms with E-state index in [0.29, 0.717) is 24.5 Å². The van der Waals surface area contributed by atoms with Crippen LogP contribution in [0.4, 0.5) is 0 Å². The minimum Gasteiger partial charge on any atom is -0.491 e. The molecule has 4 aliphatic carbocycles. The van der Waals surface area contributed by atoms with E-state index < -0.39 is 0 Å². The average molecular weight is 370 g/mol. The van der Waals surface area contributed by atoms with Crippen molar-refractivity contribution in [3.63, 3.8) is 0 Å². The Balaban J connectivity index is 1.27. The van der Waals surface area contributed by atoms with E-state index in [1.165, 1.54) is 32.1 Å². The summed E-state index contributed by atoms with van der Waals surface area (Å²) in [6.45, 7) is 1.41. The summed E-state index contributed by atoms with van der Waals surface area (Å²) in [5.74, 6) is 4.22. The van der Waals surface area contributed by atoms with Gasteiger partial charge in [-0.25, -0.2) is 0 Å². The van der Waals surface area contributed by atoms with Gasteiger partial charge >= 0.3 is 0 Å². The summed E-state index contributed by atoms with van der Waals surface area (Å²) in [7, 11) is 2.02. The highest BCUT2D eigenvalue weighted by Gasteiger charge is 2.50. The molecule has 4 bridgehead atoms. The molecule has 1 aliphatic heterocycles. The van der Waals surface area contributed by atoms with Crippen molar-refractivity contribution in [2.75, 3.05) is 20.3 Å². The molecule has 5 fully saturated rings. The number of carbonyl (C=O) groups is 1. The first-order chi connectivity index (χ1) is 13.2. The van der Waals surface area contributed by atoms with Gasteiger partial charge in [0.2, 0.25) is 0 Å². The molecule has 0 spiro atoms. The van der Waals surface area contributed by atoms with Crippen molar-refractivity contribution in [1.82, 2.24) is 4.90 Å². The van der Waals surface area contributed by atoms with Crippen LogP contribution in [0.25, 0.3) is 0 Å². The van der Waals surface area contributed by atoms with Crippen LogP contribution in [0.1, 0.15) is 55.3 Å². The van der Waals surface area contributed by atoms with E-state index in [9.17, 15) is 4.79 Å². The van der Waals surface area contributed by atoms with Gasteiger partial charge in [-0.15, -0.1) is 0 Å². The summed E-state index contributed by atoms with van der Waals surface area (Å²) < 4.78 is 11.5. The molecule has 0 aromatic heterocycles. The molecule has 1 unspecified atom stereocenters. The molecule has 6 rings (SSSR count). The fourth-order valence-electron chi connectivity index (χ4n) is 6.55. The van der Waals surface area contributed by atoms with Crippen LogP contribution in [0.5, 0.6) is 5.75 Å². The third-order valence-corrected chi connectivity index (χ3v) is 7.49. The van der Waals surface area contributed by atoms with Crippen LogP contribution < -0.4 is 4.74 Å². The molecular formula is C23H31NO3. The fraction of sp³-hybridized carbons (Fsp3) is 0.696. The Labute approximate surface area is 162 Å². The van der Waals surface area contributed by atoms with Crippen molar-refractivity contribution in [3.8, 4) is 5.75 Å². The zero-order chi connectivity index (χ0) is 18.4. The Bertz CT molecular complexity index is 669. The third-order valence-electron chi connectivity index (χ3n) is 7.49. The van der Waals surface area contributed by atoms with Gasteiger partial charge in [0.05, 0.1) is 6.10 Å². The van der Waals surface area contributed by atoms with Gasteiger partial charge in [-0.2, -0.15) is 0 Å². The molecule has 1 atom stereocenters. The number of benzene rings is 1. The molecule has 1 saturated heterocycles. The second kappa shape index (κ2) is 7.12. The maximum atomic E-state index is 13.2. The molecule has 4 saturated carbocycles. The standard InChI is InChI=1S/C23H31NO3/c1-24(22-18-9-15-8-16(11-18)12-19(22)10-15)23(25)17-4-2-5-20(13-17)27-14-21-6-3-7-26-21/h2,4-5,13,15-16,18-19,21-22H,3,6-12,14H2,1H3. The van der Waals surface area contributed by atoms with Gasteiger partial charge in [0, 0.05) is 25.3 Å². The lowest BCUT2D eigenvalue weighted by Gasteiger charge is -2.56. The first-order valence-electron chi connectivity index (χ1n) is 10.8. The molecule has 1 aromatic rings. The molecule has 1 aromatic carbocycles. The second-order valence-corrected chi connectivity index (χ2v) is 9.31. The van der Waals surface area contributed by atoms with E-state index in [4.69, 9.17) is 9.47 Å². The first-order valence-corrected chi connectivity index (χ1v) is 10.8. The van der Waals surface area contributed by atoms with Gasteiger partial charge in [-0.3, -0.25) is 4.79 Å². The smallest absolute Gasteiger partial charge is 0.253 e. The molecular weight excluding hydrogens is 338 g/mol. The molecule has 1 heterocycles. The lowest BCUT2D eigenvalue weighted by Crippen LogP contribution is -2.56. The summed E-state index contributed by atoms with van der Waals surface area (Å²) in [4.78, 5) is 15.3. The Morgan fingerprint density at radius 3 is 2.56 bits per heavy atom. The first kappa shape index (κ1) is 17.5. The van der Waals surface area contributed by atoms with Gasteiger partial charge in [0.1, 0.15) is 12.4 Å². The largest absolute Gasteiger partial charge is 0.491 e. The van der Waals surface area contributed by atoms with Crippen LogP contribution in [0.3, 0.4) is 0 Å². The molecule has 0 radical (unpaired) electrons. The predicted octanol–water partition coefficient (Wildman–Crippen LogP) is 4.14. The van der Waals surface area contributed by atoms with Crippen molar-refractivity contribution in [3.05, 3.63) is 29.8 Å². The van der Waals surface area contributed by atoms with Crippen LogP contribution >= 0.6 is 0 Å². The van der Waals surface area contributed by atoms with Crippen LogP contribution in [-0.4, -0.2) is 43.2 Å². The number of rotatable bonds is 5. The zero-order valence-electron chi connectivity index (χ0n) is 16.3. The Kier molecular flexibility index (Phi) is 4.63. The average Bonchev–Trinajstić information content (AvgIpc) is 3.19. The fourth-order valence-corrected chi connectivity index (χ4v) is 6.55. The van der Waals surface area contributed by atoms with E-state index in [0.717, 1.165) is 42.6 Å². The minimum atomic E-state index is 0.148. The molecule has 27 heavy (non-hydrogen) atoms. The second-order valence-electron chi connectivity index (χ2n) is 9.31. The lowest BCUT2D eigenvalue weighted by atomic mass is 9.54. The number of amides is 1. The number of hydrogen-bond donors (Lipinski definition) is 0. The number of ether oxygens (including phenoxy) is 2. The van der Waals surface area contributed by atoms with E-state index >= 15 is 0 Å². The highest BCUT2D eigenvalue weighted by Crippen LogP contribution is 2.55. The molecule has 1 amide bonds. The number of carbonyl (C=O) groups excluding carboxylic acids is 1. The summed E-state index contributed by atoms with van der Waals surface area (Å²) >= 11 is 0. The maximum Gasteiger partial charge on any atom is 0.253 e.